The fourth-order valence-electron chi connectivity index (χ4n) is 2.08. The van der Waals surface area contributed by atoms with Crippen LogP contribution in [0.15, 0.2) is 23.1 Å². The van der Waals surface area contributed by atoms with E-state index in [9.17, 15) is 8.42 Å². The van der Waals surface area contributed by atoms with Gasteiger partial charge in [-0.2, -0.15) is 8.42 Å². The van der Waals surface area contributed by atoms with Crippen molar-refractivity contribution in [2.75, 3.05) is 13.7 Å². The average molecular weight is 286 g/mol. The van der Waals surface area contributed by atoms with Gasteiger partial charge in [0, 0.05) is 5.56 Å². The third-order valence-electron chi connectivity index (χ3n) is 3.01. The molecule has 0 bridgehead atoms. The van der Waals surface area contributed by atoms with E-state index >= 15 is 0 Å². The number of rotatable bonds is 3. The fourth-order valence-corrected chi connectivity index (χ4v) is 2.97. The van der Waals surface area contributed by atoms with Crippen molar-refractivity contribution in [1.82, 2.24) is 0 Å². The molecule has 1 saturated heterocycles. The summed E-state index contributed by atoms with van der Waals surface area (Å²) < 4.78 is 39.7. The molecule has 2 rings (SSSR count). The van der Waals surface area contributed by atoms with Gasteiger partial charge < -0.3 is 9.47 Å². The van der Waals surface area contributed by atoms with Crippen molar-refractivity contribution in [3.63, 3.8) is 0 Å². The van der Waals surface area contributed by atoms with E-state index in [1.807, 2.05) is 6.92 Å². The first-order valence-corrected chi connectivity index (χ1v) is 7.39. The SMILES string of the molecule is COS(=O)(=O)c1ccc(C)cc1[C@@H]1COC(C)(C)O1. The Morgan fingerprint density at radius 3 is 2.58 bits per heavy atom. The number of aryl methyl sites for hydroxylation is 1. The molecule has 5 nitrogen and oxygen atoms in total. The second-order valence-electron chi connectivity index (χ2n) is 4.98. The molecule has 0 unspecified atom stereocenters. The minimum Gasteiger partial charge on any atom is -0.347 e. The molecular weight excluding hydrogens is 268 g/mol. The van der Waals surface area contributed by atoms with Crippen LogP contribution in [0.5, 0.6) is 0 Å². The van der Waals surface area contributed by atoms with Crippen LogP contribution in [0.1, 0.15) is 31.1 Å². The molecule has 1 aromatic rings. The molecule has 0 spiro atoms. The van der Waals surface area contributed by atoms with E-state index in [2.05, 4.69) is 4.18 Å². The van der Waals surface area contributed by atoms with Gasteiger partial charge in [0.25, 0.3) is 10.1 Å². The first-order valence-electron chi connectivity index (χ1n) is 5.98. The Morgan fingerprint density at radius 1 is 1.37 bits per heavy atom. The zero-order chi connectivity index (χ0) is 14.3. The molecule has 0 saturated carbocycles. The summed E-state index contributed by atoms with van der Waals surface area (Å²) in [5.74, 6) is -0.706. The van der Waals surface area contributed by atoms with Crippen molar-refractivity contribution in [2.24, 2.45) is 0 Å². The smallest absolute Gasteiger partial charge is 0.297 e. The third-order valence-corrected chi connectivity index (χ3v) is 4.36. The Bertz CT molecular complexity index is 577. The van der Waals surface area contributed by atoms with Gasteiger partial charge >= 0.3 is 0 Å². The van der Waals surface area contributed by atoms with Crippen LogP contribution in [0.4, 0.5) is 0 Å². The van der Waals surface area contributed by atoms with Gasteiger partial charge in [-0.15, -0.1) is 0 Å². The summed E-state index contributed by atoms with van der Waals surface area (Å²) in [6.45, 7) is 5.82. The monoisotopic (exact) mass is 286 g/mol. The number of benzene rings is 1. The van der Waals surface area contributed by atoms with Gasteiger partial charge in [0.1, 0.15) is 6.10 Å². The lowest BCUT2D eigenvalue weighted by Crippen LogP contribution is -2.20. The van der Waals surface area contributed by atoms with Crippen LogP contribution < -0.4 is 0 Å². The first-order chi connectivity index (χ1) is 8.75. The van der Waals surface area contributed by atoms with E-state index in [4.69, 9.17) is 9.47 Å². The zero-order valence-electron chi connectivity index (χ0n) is 11.5. The van der Waals surface area contributed by atoms with Gasteiger partial charge in [0.05, 0.1) is 18.6 Å². The van der Waals surface area contributed by atoms with E-state index in [1.165, 1.54) is 6.07 Å². The van der Waals surface area contributed by atoms with Crippen molar-refractivity contribution in [2.45, 2.75) is 37.6 Å². The maximum atomic E-state index is 11.9. The van der Waals surface area contributed by atoms with Crippen LogP contribution in [0, 0.1) is 6.92 Å². The summed E-state index contributed by atoms with van der Waals surface area (Å²) in [4.78, 5) is 0.131. The molecule has 0 N–H and O–H groups in total. The molecular formula is C13H18O5S. The standard InChI is InChI=1S/C13H18O5S/c1-9-5-6-12(19(14,15)16-4)10(7-9)11-8-17-13(2,3)18-11/h5-7,11H,8H2,1-4H3/t11-/m0/s1. The predicted octanol–water partition coefficient (Wildman–Crippen LogP) is 2.15. The molecule has 1 aliphatic heterocycles. The second-order valence-corrected chi connectivity index (χ2v) is 6.66. The largest absolute Gasteiger partial charge is 0.347 e. The minimum absolute atomic E-state index is 0.131. The minimum atomic E-state index is -3.76. The molecule has 1 aliphatic rings. The Kier molecular flexibility index (Phi) is 3.70. The molecule has 1 atom stereocenters. The molecule has 0 aromatic heterocycles. The summed E-state index contributed by atoms with van der Waals surface area (Å²) in [5.41, 5.74) is 1.53. The van der Waals surface area contributed by atoms with E-state index in [0.29, 0.717) is 12.2 Å². The highest BCUT2D eigenvalue weighted by Crippen LogP contribution is 2.36. The van der Waals surface area contributed by atoms with E-state index in [-0.39, 0.29) is 4.90 Å². The summed E-state index contributed by atoms with van der Waals surface area (Å²) in [6.07, 6.45) is -0.408. The third kappa shape index (κ3) is 2.97. The lowest BCUT2D eigenvalue weighted by Gasteiger charge is -2.19. The van der Waals surface area contributed by atoms with Crippen LogP contribution in [-0.4, -0.2) is 27.9 Å². The Balaban J connectivity index is 2.48. The number of ether oxygens (including phenoxy) is 2. The molecule has 0 amide bonds. The van der Waals surface area contributed by atoms with Gasteiger partial charge in [-0.25, -0.2) is 0 Å². The first kappa shape index (κ1) is 14.5. The molecule has 0 aliphatic carbocycles. The Labute approximate surface area is 113 Å². The van der Waals surface area contributed by atoms with Crippen molar-refractivity contribution in [3.05, 3.63) is 29.3 Å². The molecule has 106 valence electrons. The van der Waals surface area contributed by atoms with Gasteiger partial charge in [0.2, 0.25) is 0 Å². The van der Waals surface area contributed by atoms with Crippen LogP contribution in [0.25, 0.3) is 0 Å². The summed E-state index contributed by atoms with van der Waals surface area (Å²) >= 11 is 0. The molecule has 1 aromatic carbocycles. The summed E-state index contributed by atoms with van der Waals surface area (Å²) in [6, 6.07) is 5.07. The van der Waals surface area contributed by atoms with Gasteiger partial charge in [-0.1, -0.05) is 17.7 Å². The highest BCUT2D eigenvalue weighted by molar-refractivity contribution is 7.86. The van der Waals surface area contributed by atoms with E-state index in [1.54, 1.807) is 26.0 Å². The second kappa shape index (κ2) is 4.86. The van der Waals surface area contributed by atoms with Crippen molar-refractivity contribution >= 4 is 10.1 Å². The molecule has 1 heterocycles. The number of hydrogen-bond acceptors (Lipinski definition) is 5. The topological polar surface area (TPSA) is 61.8 Å². The van der Waals surface area contributed by atoms with Gasteiger partial charge in [-0.05, 0) is 26.8 Å². The van der Waals surface area contributed by atoms with Crippen molar-refractivity contribution < 1.29 is 22.1 Å². The van der Waals surface area contributed by atoms with Crippen LogP contribution in [0.2, 0.25) is 0 Å². The van der Waals surface area contributed by atoms with Crippen molar-refractivity contribution in [3.8, 4) is 0 Å². The maximum absolute atomic E-state index is 11.9. The highest BCUT2D eigenvalue weighted by atomic mass is 32.2. The predicted molar refractivity (Wildman–Crippen MR) is 69.2 cm³/mol. The Hall–Kier alpha value is -0.950. The normalized spacial score (nSPS) is 22.6. The lowest BCUT2D eigenvalue weighted by molar-refractivity contribution is -0.139. The fraction of sp³-hybridized carbons (Fsp3) is 0.538. The molecule has 6 heteroatoms. The quantitative estimate of drug-likeness (QED) is 0.797. The van der Waals surface area contributed by atoms with Gasteiger partial charge in [-0.3, -0.25) is 4.18 Å². The van der Waals surface area contributed by atoms with E-state index < -0.39 is 22.0 Å². The van der Waals surface area contributed by atoms with Crippen LogP contribution in [0.3, 0.4) is 0 Å². The molecule has 1 fully saturated rings. The molecule has 0 radical (unpaired) electrons. The van der Waals surface area contributed by atoms with Gasteiger partial charge in [0.15, 0.2) is 5.79 Å². The number of hydrogen-bond donors (Lipinski definition) is 0. The Morgan fingerprint density at radius 2 is 2.05 bits per heavy atom. The molecule has 19 heavy (non-hydrogen) atoms. The lowest BCUT2D eigenvalue weighted by atomic mass is 10.1. The van der Waals surface area contributed by atoms with Crippen LogP contribution in [-0.2, 0) is 23.8 Å². The zero-order valence-corrected chi connectivity index (χ0v) is 12.3. The highest BCUT2D eigenvalue weighted by Gasteiger charge is 2.36. The summed E-state index contributed by atoms with van der Waals surface area (Å²) in [5, 5.41) is 0. The van der Waals surface area contributed by atoms with E-state index in [0.717, 1.165) is 12.7 Å². The van der Waals surface area contributed by atoms with Crippen molar-refractivity contribution in [1.29, 1.82) is 0 Å². The summed E-state index contributed by atoms with van der Waals surface area (Å²) in [7, 11) is -2.61. The van der Waals surface area contributed by atoms with Crippen LogP contribution >= 0.6 is 0 Å². The maximum Gasteiger partial charge on any atom is 0.297 e. The average Bonchev–Trinajstić information content (AvgIpc) is 2.69.